The molecule has 3 rings (SSSR count). The average molecular weight is 334 g/mol. The zero-order valence-corrected chi connectivity index (χ0v) is 14.2. The summed E-state index contributed by atoms with van der Waals surface area (Å²) in [6, 6.07) is 6.74. The molecule has 1 amide bonds. The Kier molecular flexibility index (Phi) is 5.85. The third kappa shape index (κ3) is 4.14. The van der Waals surface area contributed by atoms with Gasteiger partial charge in [-0.1, -0.05) is 31.0 Å². The van der Waals surface area contributed by atoms with Gasteiger partial charge in [0.25, 0.3) is 0 Å². The number of hydrogen-bond donors (Lipinski definition) is 1. The second kappa shape index (κ2) is 8.08. The van der Waals surface area contributed by atoms with E-state index in [-0.39, 0.29) is 17.3 Å². The molecule has 132 valence electrons. The molecule has 2 aliphatic rings. The standard InChI is InChI=1S/C19H27FN2O2/c20-17-6-2-1-5-16(17)7-10-21-18(23)15-19(8-3-4-9-19)22-11-13-24-14-12-22/h1-2,5-6H,3-4,7-15H2,(H,21,23). The molecule has 1 aliphatic heterocycles. The lowest BCUT2D eigenvalue weighted by Crippen LogP contribution is -2.54. The molecule has 0 radical (unpaired) electrons. The molecule has 0 bridgehead atoms. The van der Waals surface area contributed by atoms with Crippen molar-refractivity contribution < 1.29 is 13.9 Å². The third-order valence-electron chi connectivity index (χ3n) is 5.38. The average Bonchev–Trinajstić information content (AvgIpc) is 3.07. The number of hydrogen-bond acceptors (Lipinski definition) is 3. The van der Waals surface area contributed by atoms with Crippen molar-refractivity contribution in [1.29, 1.82) is 0 Å². The maximum absolute atomic E-state index is 13.6. The van der Waals surface area contributed by atoms with E-state index in [9.17, 15) is 9.18 Å². The number of morpholine rings is 1. The van der Waals surface area contributed by atoms with Crippen LogP contribution in [0.1, 0.15) is 37.7 Å². The zero-order valence-electron chi connectivity index (χ0n) is 14.2. The molecular weight excluding hydrogens is 307 g/mol. The van der Waals surface area contributed by atoms with Crippen LogP contribution in [0.15, 0.2) is 24.3 Å². The fourth-order valence-electron chi connectivity index (χ4n) is 4.07. The topological polar surface area (TPSA) is 41.6 Å². The molecule has 0 aromatic heterocycles. The summed E-state index contributed by atoms with van der Waals surface area (Å²) < 4.78 is 19.1. The van der Waals surface area contributed by atoms with Gasteiger partial charge in [-0.15, -0.1) is 0 Å². The number of carbonyl (C=O) groups excluding carboxylic acids is 1. The van der Waals surface area contributed by atoms with E-state index in [0.29, 0.717) is 24.9 Å². The van der Waals surface area contributed by atoms with E-state index >= 15 is 0 Å². The Morgan fingerprint density at radius 1 is 1.21 bits per heavy atom. The van der Waals surface area contributed by atoms with Gasteiger partial charge in [-0.2, -0.15) is 0 Å². The number of nitrogens with one attached hydrogen (secondary N) is 1. The van der Waals surface area contributed by atoms with Crippen molar-refractivity contribution in [2.24, 2.45) is 0 Å². The zero-order chi connectivity index (χ0) is 16.8. The first-order chi connectivity index (χ1) is 11.7. The van der Waals surface area contributed by atoms with Gasteiger partial charge >= 0.3 is 0 Å². The van der Waals surface area contributed by atoms with E-state index in [1.807, 2.05) is 6.07 Å². The largest absolute Gasteiger partial charge is 0.379 e. The second-order valence-corrected chi connectivity index (χ2v) is 6.90. The summed E-state index contributed by atoms with van der Waals surface area (Å²) in [5, 5.41) is 2.99. The highest BCUT2D eigenvalue weighted by Gasteiger charge is 2.41. The van der Waals surface area contributed by atoms with Gasteiger partial charge in [-0.25, -0.2) is 4.39 Å². The van der Waals surface area contributed by atoms with Crippen molar-refractivity contribution in [3.8, 4) is 0 Å². The Morgan fingerprint density at radius 3 is 2.62 bits per heavy atom. The lowest BCUT2D eigenvalue weighted by Gasteiger charge is -2.43. The van der Waals surface area contributed by atoms with E-state index < -0.39 is 0 Å². The first kappa shape index (κ1) is 17.4. The Hall–Kier alpha value is -1.46. The first-order valence-corrected chi connectivity index (χ1v) is 9.03. The minimum absolute atomic E-state index is 0.00581. The van der Waals surface area contributed by atoms with Crippen LogP contribution in [0.25, 0.3) is 0 Å². The summed E-state index contributed by atoms with van der Waals surface area (Å²) in [7, 11) is 0. The summed E-state index contributed by atoms with van der Waals surface area (Å²) in [5.41, 5.74) is 0.660. The van der Waals surface area contributed by atoms with Crippen molar-refractivity contribution >= 4 is 5.91 Å². The van der Waals surface area contributed by atoms with Crippen LogP contribution in [0.5, 0.6) is 0 Å². The molecule has 1 aromatic carbocycles. The Balaban J connectivity index is 1.51. The first-order valence-electron chi connectivity index (χ1n) is 9.03. The fraction of sp³-hybridized carbons (Fsp3) is 0.632. The predicted molar refractivity (Wildman–Crippen MR) is 91.3 cm³/mol. The second-order valence-electron chi connectivity index (χ2n) is 6.90. The lowest BCUT2D eigenvalue weighted by molar-refractivity contribution is -0.125. The molecule has 1 aliphatic carbocycles. The highest BCUT2D eigenvalue weighted by molar-refractivity contribution is 5.77. The van der Waals surface area contributed by atoms with Gasteiger partial charge in [0.2, 0.25) is 5.91 Å². The van der Waals surface area contributed by atoms with Gasteiger partial charge in [0.15, 0.2) is 0 Å². The Morgan fingerprint density at radius 2 is 1.92 bits per heavy atom. The van der Waals surface area contributed by atoms with E-state index in [1.165, 1.54) is 18.9 Å². The van der Waals surface area contributed by atoms with E-state index in [4.69, 9.17) is 4.74 Å². The fourth-order valence-corrected chi connectivity index (χ4v) is 4.07. The van der Waals surface area contributed by atoms with Crippen LogP contribution in [0.4, 0.5) is 4.39 Å². The molecule has 4 nitrogen and oxygen atoms in total. The van der Waals surface area contributed by atoms with Crippen molar-refractivity contribution in [2.75, 3.05) is 32.8 Å². The molecule has 1 heterocycles. The molecule has 0 unspecified atom stereocenters. The molecule has 1 aromatic rings. The van der Waals surface area contributed by atoms with Gasteiger partial charge in [-0.05, 0) is 30.9 Å². The van der Waals surface area contributed by atoms with Gasteiger partial charge in [0.1, 0.15) is 5.82 Å². The number of halogens is 1. The summed E-state index contributed by atoms with van der Waals surface area (Å²) >= 11 is 0. The van der Waals surface area contributed by atoms with Crippen LogP contribution in [0.3, 0.4) is 0 Å². The third-order valence-corrected chi connectivity index (χ3v) is 5.38. The summed E-state index contributed by atoms with van der Waals surface area (Å²) in [5.74, 6) is -0.118. The van der Waals surface area contributed by atoms with E-state index in [2.05, 4.69) is 10.2 Å². The van der Waals surface area contributed by atoms with Gasteiger partial charge in [0, 0.05) is 31.6 Å². The van der Waals surface area contributed by atoms with Gasteiger partial charge in [0.05, 0.1) is 13.2 Å². The number of nitrogens with zero attached hydrogens (tertiary/aromatic N) is 1. The molecule has 1 saturated heterocycles. The van der Waals surface area contributed by atoms with E-state index in [1.54, 1.807) is 12.1 Å². The molecule has 2 fully saturated rings. The van der Waals surface area contributed by atoms with Crippen LogP contribution >= 0.6 is 0 Å². The lowest BCUT2D eigenvalue weighted by atomic mass is 9.90. The maximum atomic E-state index is 13.6. The Bertz CT molecular complexity index is 552. The van der Waals surface area contributed by atoms with Gasteiger partial charge < -0.3 is 10.1 Å². The Labute approximate surface area is 143 Å². The van der Waals surface area contributed by atoms with Crippen molar-refractivity contribution in [1.82, 2.24) is 10.2 Å². The highest BCUT2D eigenvalue weighted by atomic mass is 19.1. The number of benzene rings is 1. The van der Waals surface area contributed by atoms with Crippen LogP contribution in [0.2, 0.25) is 0 Å². The molecule has 0 atom stereocenters. The molecule has 5 heteroatoms. The quantitative estimate of drug-likeness (QED) is 0.869. The van der Waals surface area contributed by atoms with Crippen LogP contribution in [0, 0.1) is 5.82 Å². The van der Waals surface area contributed by atoms with Gasteiger partial charge in [-0.3, -0.25) is 9.69 Å². The van der Waals surface area contributed by atoms with Crippen molar-refractivity contribution in [3.63, 3.8) is 0 Å². The smallest absolute Gasteiger partial charge is 0.221 e. The molecule has 1 saturated carbocycles. The number of rotatable bonds is 6. The normalized spacial score (nSPS) is 20.9. The minimum atomic E-state index is -0.202. The van der Waals surface area contributed by atoms with Crippen molar-refractivity contribution in [2.45, 2.75) is 44.1 Å². The maximum Gasteiger partial charge on any atom is 0.221 e. The van der Waals surface area contributed by atoms with Crippen molar-refractivity contribution in [3.05, 3.63) is 35.6 Å². The number of carbonyl (C=O) groups is 1. The minimum Gasteiger partial charge on any atom is -0.379 e. The SMILES string of the molecule is O=C(CC1(N2CCOCC2)CCCC1)NCCc1ccccc1F. The number of amides is 1. The van der Waals surface area contributed by atoms with Crippen LogP contribution < -0.4 is 5.32 Å². The summed E-state index contributed by atoms with van der Waals surface area (Å²) in [6.07, 6.45) is 5.65. The van der Waals surface area contributed by atoms with Crippen LogP contribution in [-0.2, 0) is 16.0 Å². The van der Waals surface area contributed by atoms with E-state index in [0.717, 1.165) is 39.1 Å². The molecular formula is C19H27FN2O2. The molecule has 24 heavy (non-hydrogen) atoms. The monoisotopic (exact) mass is 334 g/mol. The predicted octanol–water partition coefficient (Wildman–Crippen LogP) is 2.52. The summed E-state index contributed by atoms with van der Waals surface area (Å²) in [4.78, 5) is 14.9. The van der Waals surface area contributed by atoms with Crippen LogP contribution in [-0.4, -0.2) is 49.2 Å². The summed E-state index contributed by atoms with van der Waals surface area (Å²) in [6.45, 7) is 3.84. The molecule has 0 spiro atoms. The highest BCUT2D eigenvalue weighted by Crippen LogP contribution is 2.38. The molecule has 1 N–H and O–H groups in total. The number of ether oxygens (including phenoxy) is 1.